The second-order valence-electron chi connectivity index (χ2n) is 4.10. The Morgan fingerprint density at radius 2 is 1.85 bits per heavy atom. The second kappa shape index (κ2) is 6.99. The molecule has 0 fully saturated rings. The van der Waals surface area contributed by atoms with Gasteiger partial charge in [0.15, 0.2) is 0 Å². The Bertz CT molecular complexity index is 611. The van der Waals surface area contributed by atoms with Gasteiger partial charge in [0, 0.05) is 18.9 Å². The maximum Gasteiger partial charge on any atom is 0.307 e. The molecule has 20 heavy (non-hydrogen) atoms. The Balaban J connectivity index is 2.23. The molecular weight excluding hydrogens is 387 g/mol. The van der Waals surface area contributed by atoms with E-state index in [1.54, 1.807) is 18.9 Å². The molecule has 0 aliphatic carbocycles. The molecule has 0 saturated heterocycles. The van der Waals surface area contributed by atoms with E-state index in [-0.39, 0.29) is 6.42 Å². The van der Waals surface area contributed by atoms with Gasteiger partial charge in [0.1, 0.15) is 5.75 Å². The van der Waals surface area contributed by atoms with Crippen molar-refractivity contribution in [2.75, 3.05) is 7.11 Å². The third-order valence-corrected chi connectivity index (χ3v) is 4.36. The largest absolute Gasteiger partial charge is 0.496 e. The molecular formula is C15H13IO3S. The quantitative estimate of drug-likeness (QED) is 0.769. The summed E-state index contributed by atoms with van der Waals surface area (Å²) in [5.74, 6) is -0.251. The molecule has 0 unspecified atom stereocenters. The van der Waals surface area contributed by atoms with Crippen LogP contribution in [0.1, 0.15) is 5.56 Å². The summed E-state index contributed by atoms with van der Waals surface area (Å²) in [7, 11) is 1.55. The van der Waals surface area contributed by atoms with Gasteiger partial charge < -0.3 is 9.84 Å². The van der Waals surface area contributed by atoms with Crippen LogP contribution in [0.3, 0.4) is 0 Å². The highest BCUT2D eigenvalue weighted by atomic mass is 127. The van der Waals surface area contributed by atoms with E-state index in [0.717, 1.165) is 9.79 Å². The molecule has 104 valence electrons. The van der Waals surface area contributed by atoms with Crippen molar-refractivity contribution < 1.29 is 14.6 Å². The molecule has 0 aromatic heterocycles. The van der Waals surface area contributed by atoms with Gasteiger partial charge in [-0.2, -0.15) is 0 Å². The Morgan fingerprint density at radius 3 is 2.45 bits per heavy atom. The van der Waals surface area contributed by atoms with E-state index in [1.165, 1.54) is 3.57 Å². The van der Waals surface area contributed by atoms with E-state index in [2.05, 4.69) is 22.6 Å². The molecule has 0 spiro atoms. The number of ether oxygens (including phenoxy) is 1. The second-order valence-corrected chi connectivity index (χ2v) is 6.49. The van der Waals surface area contributed by atoms with Crippen LogP contribution in [0.5, 0.6) is 5.75 Å². The number of carboxylic acid groups (broad SMARTS) is 1. The summed E-state index contributed by atoms with van der Waals surface area (Å²) in [6.07, 6.45) is -0.0374. The van der Waals surface area contributed by atoms with Crippen LogP contribution in [0.2, 0.25) is 0 Å². The molecule has 0 atom stereocenters. The summed E-state index contributed by atoms with van der Waals surface area (Å²) in [6, 6.07) is 13.8. The average molecular weight is 400 g/mol. The first-order chi connectivity index (χ1) is 9.58. The first-order valence-electron chi connectivity index (χ1n) is 5.90. The van der Waals surface area contributed by atoms with Crippen molar-refractivity contribution in [1.82, 2.24) is 0 Å². The van der Waals surface area contributed by atoms with Crippen molar-refractivity contribution in [2.45, 2.75) is 16.2 Å². The number of hydrogen-bond acceptors (Lipinski definition) is 3. The minimum absolute atomic E-state index is 0.0374. The van der Waals surface area contributed by atoms with Gasteiger partial charge in [-0.25, -0.2) is 0 Å². The Morgan fingerprint density at radius 1 is 1.20 bits per heavy atom. The minimum atomic E-state index is -0.861. The summed E-state index contributed by atoms with van der Waals surface area (Å²) in [5, 5.41) is 8.93. The van der Waals surface area contributed by atoms with Crippen LogP contribution >= 0.6 is 34.4 Å². The van der Waals surface area contributed by atoms with Crippen molar-refractivity contribution in [3.8, 4) is 5.75 Å². The maximum absolute atomic E-state index is 10.9. The average Bonchev–Trinajstić information content (AvgIpc) is 2.41. The van der Waals surface area contributed by atoms with Crippen molar-refractivity contribution in [3.63, 3.8) is 0 Å². The summed E-state index contributed by atoms with van der Waals surface area (Å²) in [4.78, 5) is 13.0. The van der Waals surface area contributed by atoms with E-state index in [0.29, 0.717) is 11.3 Å². The summed E-state index contributed by atoms with van der Waals surface area (Å²) in [5.41, 5.74) is 0.690. The zero-order valence-electron chi connectivity index (χ0n) is 10.8. The number of rotatable bonds is 5. The molecule has 1 N–H and O–H groups in total. The van der Waals surface area contributed by atoms with E-state index in [1.807, 2.05) is 42.5 Å². The van der Waals surface area contributed by atoms with Gasteiger partial charge in [0.2, 0.25) is 0 Å². The van der Waals surface area contributed by atoms with Crippen molar-refractivity contribution in [1.29, 1.82) is 0 Å². The Labute approximate surface area is 135 Å². The molecule has 2 rings (SSSR count). The number of carbonyl (C=O) groups is 1. The van der Waals surface area contributed by atoms with Crippen molar-refractivity contribution in [2.24, 2.45) is 0 Å². The molecule has 5 heteroatoms. The highest BCUT2D eigenvalue weighted by molar-refractivity contribution is 14.1. The third kappa shape index (κ3) is 4.14. The number of hydrogen-bond donors (Lipinski definition) is 1. The molecule has 0 aliphatic rings. The Hall–Kier alpha value is -1.21. The fourth-order valence-corrected chi connectivity index (χ4v) is 3.00. The molecule has 2 aromatic rings. The first kappa shape index (κ1) is 15.2. The molecule has 0 radical (unpaired) electrons. The van der Waals surface area contributed by atoms with Crippen LogP contribution < -0.4 is 4.74 Å². The molecule has 3 nitrogen and oxygen atoms in total. The van der Waals surface area contributed by atoms with Crippen molar-refractivity contribution >= 4 is 40.3 Å². The molecule has 0 bridgehead atoms. The molecule has 0 saturated carbocycles. The van der Waals surface area contributed by atoms with Crippen LogP contribution in [-0.2, 0) is 11.2 Å². The van der Waals surface area contributed by atoms with E-state index < -0.39 is 5.97 Å². The minimum Gasteiger partial charge on any atom is -0.496 e. The lowest BCUT2D eigenvalue weighted by Gasteiger charge is -2.09. The standard InChI is InChI=1S/C15H13IO3S/c1-19-14-7-6-13(8-10(14)9-15(17)18)20-12-4-2-11(16)3-5-12/h2-8H,9H2,1H3,(H,17,18). The predicted octanol–water partition coefficient (Wildman–Crippen LogP) is 4.08. The Kier molecular flexibility index (Phi) is 5.31. The lowest BCUT2D eigenvalue weighted by Crippen LogP contribution is -2.02. The van der Waals surface area contributed by atoms with Gasteiger partial charge >= 0.3 is 5.97 Å². The summed E-state index contributed by atoms with van der Waals surface area (Å²) in [6.45, 7) is 0. The monoisotopic (exact) mass is 400 g/mol. The fraction of sp³-hybridized carbons (Fsp3) is 0.133. The molecule has 0 aliphatic heterocycles. The number of carboxylic acids is 1. The zero-order valence-corrected chi connectivity index (χ0v) is 13.8. The third-order valence-electron chi connectivity index (χ3n) is 2.64. The predicted molar refractivity (Wildman–Crippen MR) is 87.6 cm³/mol. The van der Waals surface area contributed by atoms with Crippen LogP contribution in [0.15, 0.2) is 52.3 Å². The van der Waals surface area contributed by atoms with Gasteiger partial charge in [0.05, 0.1) is 13.5 Å². The molecule has 0 amide bonds. The van der Waals surface area contributed by atoms with Gasteiger partial charge in [-0.05, 0) is 65.1 Å². The van der Waals surface area contributed by atoms with Gasteiger partial charge in [-0.1, -0.05) is 11.8 Å². The van der Waals surface area contributed by atoms with Crippen molar-refractivity contribution in [3.05, 3.63) is 51.6 Å². The van der Waals surface area contributed by atoms with Crippen LogP contribution in [-0.4, -0.2) is 18.2 Å². The summed E-state index contributed by atoms with van der Waals surface area (Å²) < 4.78 is 6.38. The zero-order chi connectivity index (χ0) is 14.5. The van der Waals surface area contributed by atoms with Crippen LogP contribution in [0.25, 0.3) is 0 Å². The smallest absolute Gasteiger partial charge is 0.307 e. The number of aliphatic carboxylic acids is 1. The van der Waals surface area contributed by atoms with Crippen LogP contribution in [0.4, 0.5) is 0 Å². The van der Waals surface area contributed by atoms with Crippen LogP contribution in [0, 0.1) is 3.57 Å². The molecule has 2 aromatic carbocycles. The first-order valence-corrected chi connectivity index (χ1v) is 7.80. The van der Waals surface area contributed by atoms with E-state index >= 15 is 0 Å². The topological polar surface area (TPSA) is 46.5 Å². The van der Waals surface area contributed by atoms with Gasteiger partial charge in [-0.3, -0.25) is 4.79 Å². The van der Waals surface area contributed by atoms with Gasteiger partial charge in [0.25, 0.3) is 0 Å². The van der Waals surface area contributed by atoms with Gasteiger partial charge in [-0.15, -0.1) is 0 Å². The SMILES string of the molecule is COc1ccc(Sc2ccc(I)cc2)cc1CC(=O)O. The number of methoxy groups -OCH3 is 1. The fourth-order valence-electron chi connectivity index (χ4n) is 1.76. The normalized spacial score (nSPS) is 10.3. The number of benzene rings is 2. The maximum atomic E-state index is 10.9. The lowest BCUT2D eigenvalue weighted by molar-refractivity contribution is -0.136. The lowest BCUT2D eigenvalue weighted by atomic mass is 10.1. The van der Waals surface area contributed by atoms with E-state index in [9.17, 15) is 4.79 Å². The summed E-state index contributed by atoms with van der Waals surface area (Å²) >= 11 is 3.87. The molecule has 0 heterocycles. The highest BCUT2D eigenvalue weighted by Crippen LogP contribution is 2.31. The highest BCUT2D eigenvalue weighted by Gasteiger charge is 2.09. The number of halogens is 1. The van der Waals surface area contributed by atoms with E-state index in [4.69, 9.17) is 9.84 Å².